The summed E-state index contributed by atoms with van der Waals surface area (Å²) in [4.78, 5) is 12.3. The van der Waals surface area contributed by atoms with Gasteiger partial charge >= 0.3 is 6.03 Å². The molecule has 24 heavy (non-hydrogen) atoms. The summed E-state index contributed by atoms with van der Waals surface area (Å²) in [7, 11) is 0. The Morgan fingerprint density at radius 1 is 0.958 bits per heavy atom. The Hall–Kier alpha value is -2.81. The number of urea groups is 1. The van der Waals surface area contributed by atoms with Gasteiger partial charge in [0.1, 0.15) is 0 Å². The van der Waals surface area contributed by atoms with Crippen LogP contribution in [0.15, 0.2) is 66.7 Å². The average Bonchev–Trinajstić information content (AvgIpc) is 3.03. The number of hydrogen-bond donors (Lipinski definition) is 2. The minimum atomic E-state index is -0.107. The van der Waals surface area contributed by atoms with Crippen molar-refractivity contribution in [3.05, 3.63) is 83.4 Å². The fraction of sp³-hybridized carbons (Fsp3) is 0.190. The Balaban J connectivity index is 1.42. The number of hydrogen-bond acceptors (Lipinski definition) is 1. The highest BCUT2D eigenvalue weighted by Gasteiger charge is 2.23. The summed E-state index contributed by atoms with van der Waals surface area (Å²) in [6, 6.07) is 22.8. The summed E-state index contributed by atoms with van der Waals surface area (Å²) in [6.45, 7) is 0.529. The van der Waals surface area contributed by atoms with E-state index >= 15 is 0 Å². The molecule has 1 aliphatic carbocycles. The van der Waals surface area contributed by atoms with E-state index in [1.807, 2.05) is 24.3 Å². The van der Waals surface area contributed by atoms with Crippen LogP contribution in [-0.4, -0.2) is 6.03 Å². The molecule has 1 atom stereocenters. The second-order valence-electron chi connectivity index (χ2n) is 6.26. The number of nitrogens with one attached hydrogen (secondary N) is 2. The summed E-state index contributed by atoms with van der Waals surface area (Å²) in [6.07, 6.45) is 2.01. The van der Waals surface area contributed by atoms with E-state index in [-0.39, 0.29) is 12.1 Å². The number of fused-ring (bicyclic) bond motifs is 2. The fourth-order valence-corrected chi connectivity index (χ4v) is 3.54. The molecule has 4 rings (SSSR count). The number of rotatable bonds is 3. The predicted octanol–water partition coefficient (Wildman–Crippen LogP) is 4.33. The molecule has 0 radical (unpaired) electrons. The van der Waals surface area contributed by atoms with Crippen LogP contribution in [0.4, 0.5) is 4.79 Å². The van der Waals surface area contributed by atoms with Crippen LogP contribution in [-0.2, 0) is 13.0 Å². The molecule has 1 unspecified atom stereocenters. The summed E-state index contributed by atoms with van der Waals surface area (Å²) < 4.78 is 0. The highest BCUT2D eigenvalue weighted by Crippen LogP contribution is 2.30. The third kappa shape index (κ3) is 2.85. The van der Waals surface area contributed by atoms with Gasteiger partial charge in [-0.15, -0.1) is 0 Å². The van der Waals surface area contributed by atoms with Crippen LogP contribution < -0.4 is 10.6 Å². The van der Waals surface area contributed by atoms with Crippen molar-refractivity contribution in [2.24, 2.45) is 0 Å². The molecule has 2 amide bonds. The Kier molecular flexibility index (Phi) is 3.91. The van der Waals surface area contributed by atoms with Crippen molar-refractivity contribution in [2.75, 3.05) is 0 Å². The molecule has 0 bridgehead atoms. The Morgan fingerprint density at radius 3 is 2.71 bits per heavy atom. The molecule has 3 heteroatoms. The Morgan fingerprint density at radius 2 is 1.75 bits per heavy atom. The quantitative estimate of drug-likeness (QED) is 0.742. The first-order valence-corrected chi connectivity index (χ1v) is 8.40. The third-order valence-corrected chi connectivity index (χ3v) is 4.76. The molecule has 0 heterocycles. The minimum Gasteiger partial charge on any atom is -0.334 e. The van der Waals surface area contributed by atoms with Gasteiger partial charge in [-0.05, 0) is 40.3 Å². The van der Waals surface area contributed by atoms with Crippen molar-refractivity contribution in [1.82, 2.24) is 10.6 Å². The van der Waals surface area contributed by atoms with Gasteiger partial charge < -0.3 is 10.6 Å². The van der Waals surface area contributed by atoms with E-state index < -0.39 is 0 Å². The van der Waals surface area contributed by atoms with Crippen LogP contribution in [0.2, 0.25) is 0 Å². The summed E-state index contributed by atoms with van der Waals surface area (Å²) in [5.41, 5.74) is 3.73. The van der Waals surface area contributed by atoms with Gasteiger partial charge in [-0.3, -0.25) is 0 Å². The van der Waals surface area contributed by atoms with Gasteiger partial charge in [0.25, 0.3) is 0 Å². The number of benzene rings is 3. The second-order valence-corrected chi connectivity index (χ2v) is 6.26. The average molecular weight is 316 g/mol. The lowest BCUT2D eigenvalue weighted by atomic mass is 10.0. The molecule has 0 spiro atoms. The van der Waals surface area contributed by atoms with Gasteiger partial charge in [0.2, 0.25) is 0 Å². The van der Waals surface area contributed by atoms with E-state index in [1.165, 1.54) is 21.9 Å². The maximum atomic E-state index is 12.3. The van der Waals surface area contributed by atoms with E-state index in [9.17, 15) is 4.79 Å². The summed E-state index contributed by atoms with van der Waals surface area (Å²) in [5.74, 6) is 0. The molecular weight excluding hydrogens is 296 g/mol. The largest absolute Gasteiger partial charge is 0.334 e. The molecular formula is C21H20N2O. The van der Waals surface area contributed by atoms with Crippen molar-refractivity contribution in [3.63, 3.8) is 0 Å². The van der Waals surface area contributed by atoms with Gasteiger partial charge in [0, 0.05) is 6.54 Å². The lowest BCUT2D eigenvalue weighted by molar-refractivity contribution is 0.236. The van der Waals surface area contributed by atoms with Crippen LogP contribution in [0.1, 0.15) is 29.2 Å². The molecule has 0 saturated carbocycles. The maximum absolute atomic E-state index is 12.3. The Labute approximate surface area is 141 Å². The molecule has 0 saturated heterocycles. The maximum Gasteiger partial charge on any atom is 0.315 e. The van der Waals surface area contributed by atoms with Crippen LogP contribution in [0.5, 0.6) is 0 Å². The van der Waals surface area contributed by atoms with E-state index in [0.29, 0.717) is 6.54 Å². The molecule has 0 aromatic heterocycles. The first kappa shape index (κ1) is 14.8. The molecule has 0 aliphatic heterocycles. The van der Waals surface area contributed by atoms with Crippen molar-refractivity contribution >= 4 is 16.8 Å². The molecule has 3 nitrogen and oxygen atoms in total. The minimum absolute atomic E-state index is 0.107. The molecule has 3 aromatic carbocycles. The van der Waals surface area contributed by atoms with Crippen LogP contribution in [0.3, 0.4) is 0 Å². The van der Waals surface area contributed by atoms with Gasteiger partial charge in [0.05, 0.1) is 6.04 Å². The SMILES string of the molecule is O=C(NCc1cccc2ccccc12)NC1CCc2ccccc21. The van der Waals surface area contributed by atoms with Crippen LogP contribution in [0, 0.1) is 0 Å². The summed E-state index contributed by atoms with van der Waals surface area (Å²) in [5, 5.41) is 8.48. The predicted molar refractivity (Wildman–Crippen MR) is 96.8 cm³/mol. The fourth-order valence-electron chi connectivity index (χ4n) is 3.54. The lowest BCUT2D eigenvalue weighted by Crippen LogP contribution is -2.36. The van der Waals surface area contributed by atoms with E-state index in [4.69, 9.17) is 0 Å². The van der Waals surface area contributed by atoms with Crippen molar-refractivity contribution < 1.29 is 4.79 Å². The molecule has 120 valence electrons. The first-order valence-electron chi connectivity index (χ1n) is 8.40. The third-order valence-electron chi connectivity index (χ3n) is 4.76. The van der Waals surface area contributed by atoms with Crippen molar-refractivity contribution in [3.8, 4) is 0 Å². The highest BCUT2D eigenvalue weighted by atomic mass is 16.2. The van der Waals surface area contributed by atoms with Crippen LogP contribution in [0.25, 0.3) is 10.8 Å². The zero-order valence-corrected chi connectivity index (χ0v) is 13.5. The van der Waals surface area contributed by atoms with E-state index in [2.05, 4.69) is 53.1 Å². The zero-order valence-electron chi connectivity index (χ0n) is 13.5. The number of aryl methyl sites for hydroxylation is 1. The number of amides is 2. The normalized spacial score (nSPS) is 15.9. The first-order chi connectivity index (χ1) is 11.8. The van der Waals surface area contributed by atoms with Gasteiger partial charge in [0.15, 0.2) is 0 Å². The molecule has 1 aliphatic rings. The van der Waals surface area contributed by atoms with Crippen molar-refractivity contribution in [2.45, 2.75) is 25.4 Å². The van der Waals surface area contributed by atoms with Gasteiger partial charge in [-0.2, -0.15) is 0 Å². The van der Waals surface area contributed by atoms with E-state index in [0.717, 1.165) is 18.4 Å². The number of carbonyl (C=O) groups is 1. The second kappa shape index (κ2) is 6.36. The summed E-state index contributed by atoms with van der Waals surface area (Å²) >= 11 is 0. The standard InChI is InChI=1S/C21H20N2O/c24-21(23-20-13-12-16-7-2-4-11-19(16)20)22-14-17-9-5-8-15-6-1-3-10-18(15)17/h1-11,20H,12-14H2,(H2,22,23,24). The van der Waals surface area contributed by atoms with Gasteiger partial charge in [-0.25, -0.2) is 4.79 Å². The number of carbonyl (C=O) groups excluding carboxylic acids is 1. The Bertz CT molecular complexity index is 882. The molecule has 0 fully saturated rings. The smallest absolute Gasteiger partial charge is 0.315 e. The monoisotopic (exact) mass is 316 g/mol. The van der Waals surface area contributed by atoms with Crippen LogP contribution >= 0.6 is 0 Å². The molecule has 3 aromatic rings. The van der Waals surface area contributed by atoms with E-state index in [1.54, 1.807) is 0 Å². The lowest BCUT2D eigenvalue weighted by Gasteiger charge is -2.15. The molecule has 2 N–H and O–H groups in total. The van der Waals surface area contributed by atoms with Crippen molar-refractivity contribution in [1.29, 1.82) is 0 Å². The highest BCUT2D eigenvalue weighted by molar-refractivity contribution is 5.86. The zero-order chi connectivity index (χ0) is 16.4. The van der Waals surface area contributed by atoms with Gasteiger partial charge in [-0.1, -0.05) is 66.7 Å². The topological polar surface area (TPSA) is 41.1 Å².